The molecule has 2 aliphatic heterocycles. The van der Waals surface area contributed by atoms with Crippen molar-refractivity contribution in [1.29, 1.82) is 0 Å². The third kappa shape index (κ3) is 5.22. The number of carbonyl (C=O) groups excluding carboxylic acids is 2. The van der Waals surface area contributed by atoms with E-state index in [4.69, 9.17) is 14.5 Å². The van der Waals surface area contributed by atoms with Gasteiger partial charge < -0.3 is 24.3 Å². The molecule has 216 valence electrons. The molecule has 0 radical (unpaired) electrons. The SMILES string of the molecule is COc1ccc(F)cc1C(c1nc2ccccc2[nH]1)N1Cc2ccc(C3=CCN(C(=O)OC(C)(C)C)CC3)cc2C1=O. The molecule has 0 aliphatic carbocycles. The Kier molecular flexibility index (Phi) is 6.96. The third-order valence-electron chi connectivity index (χ3n) is 7.64. The largest absolute Gasteiger partial charge is 0.496 e. The molecule has 0 spiro atoms. The predicted octanol–water partition coefficient (Wildman–Crippen LogP) is 6.48. The van der Waals surface area contributed by atoms with E-state index in [9.17, 15) is 14.0 Å². The van der Waals surface area contributed by atoms with Gasteiger partial charge in [-0.1, -0.05) is 30.3 Å². The number of hydrogen-bond donors (Lipinski definition) is 1. The molecule has 2 aliphatic rings. The Morgan fingerprint density at radius 2 is 1.90 bits per heavy atom. The number of benzene rings is 3. The highest BCUT2D eigenvalue weighted by molar-refractivity contribution is 5.99. The first-order valence-electron chi connectivity index (χ1n) is 14.0. The van der Waals surface area contributed by atoms with Crippen molar-refractivity contribution in [1.82, 2.24) is 19.8 Å². The number of imidazole rings is 1. The number of nitrogens with zero attached hydrogens (tertiary/aromatic N) is 3. The van der Waals surface area contributed by atoms with Crippen LogP contribution in [0.1, 0.15) is 66.1 Å². The molecule has 1 unspecified atom stereocenters. The van der Waals surface area contributed by atoms with Gasteiger partial charge in [0.25, 0.3) is 5.91 Å². The van der Waals surface area contributed by atoms with E-state index in [2.05, 4.69) is 4.98 Å². The minimum atomic E-state index is -0.706. The average molecular weight is 569 g/mol. The van der Waals surface area contributed by atoms with Crippen LogP contribution in [0.15, 0.2) is 66.7 Å². The van der Waals surface area contributed by atoms with Gasteiger partial charge in [-0.15, -0.1) is 0 Å². The van der Waals surface area contributed by atoms with E-state index >= 15 is 0 Å². The molecular formula is C33H33FN4O4. The molecular weight excluding hydrogens is 535 g/mol. The van der Waals surface area contributed by atoms with Crippen molar-refractivity contribution in [3.8, 4) is 5.75 Å². The van der Waals surface area contributed by atoms with Crippen LogP contribution < -0.4 is 4.74 Å². The van der Waals surface area contributed by atoms with Crippen LogP contribution in [-0.4, -0.2) is 57.6 Å². The quantitative estimate of drug-likeness (QED) is 0.298. The molecule has 1 atom stereocenters. The number of hydrogen-bond acceptors (Lipinski definition) is 5. The van der Waals surface area contributed by atoms with Crippen LogP contribution in [0, 0.1) is 5.82 Å². The first-order chi connectivity index (χ1) is 20.1. The molecule has 9 heteroatoms. The number of methoxy groups -OCH3 is 1. The highest BCUT2D eigenvalue weighted by Gasteiger charge is 2.38. The summed E-state index contributed by atoms with van der Waals surface area (Å²) in [6, 6.07) is 17.1. The fraction of sp³-hybridized carbons (Fsp3) is 0.303. The molecule has 42 heavy (non-hydrogen) atoms. The number of halogens is 1. The van der Waals surface area contributed by atoms with E-state index in [1.807, 2.05) is 69.3 Å². The lowest BCUT2D eigenvalue weighted by molar-refractivity contribution is 0.0270. The van der Waals surface area contributed by atoms with E-state index in [1.54, 1.807) is 15.9 Å². The standard InChI is InChI=1S/C33H33FN4O4/c1-33(2,3)42-32(40)37-15-13-20(14-16-37)21-9-10-22-19-38(31(39)24(22)17-21)29(25-18-23(34)11-12-28(25)41-4)30-35-26-7-5-6-8-27(26)36-30/h5-13,17-18,29H,14-16,19H2,1-4H3,(H,35,36). The fourth-order valence-corrected chi connectivity index (χ4v) is 5.64. The molecule has 3 heterocycles. The molecule has 3 aromatic carbocycles. The second kappa shape index (κ2) is 10.6. The molecule has 4 aromatic rings. The molecule has 6 rings (SSSR count). The van der Waals surface area contributed by atoms with E-state index in [0.717, 1.165) is 27.7 Å². The van der Waals surface area contributed by atoms with Crippen LogP contribution in [-0.2, 0) is 11.3 Å². The molecule has 8 nitrogen and oxygen atoms in total. The maximum Gasteiger partial charge on any atom is 0.410 e. The number of amides is 2. The second-order valence-electron chi connectivity index (χ2n) is 11.6. The van der Waals surface area contributed by atoms with Crippen LogP contribution in [0.25, 0.3) is 16.6 Å². The molecule has 1 aromatic heterocycles. The number of nitrogens with one attached hydrogen (secondary N) is 1. The van der Waals surface area contributed by atoms with Crippen molar-refractivity contribution >= 4 is 28.6 Å². The van der Waals surface area contributed by atoms with Gasteiger partial charge in [0.1, 0.15) is 29.0 Å². The lowest BCUT2D eigenvalue weighted by atomic mass is 9.96. The highest BCUT2D eigenvalue weighted by Crippen LogP contribution is 2.40. The Hall–Kier alpha value is -4.66. The van der Waals surface area contributed by atoms with Crippen molar-refractivity contribution in [2.75, 3.05) is 20.2 Å². The monoisotopic (exact) mass is 568 g/mol. The average Bonchev–Trinajstić information content (AvgIpc) is 3.53. The zero-order chi connectivity index (χ0) is 29.6. The van der Waals surface area contributed by atoms with Crippen molar-refractivity contribution in [2.24, 2.45) is 0 Å². The van der Waals surface area contributed by atoms with Gasteiger partial charge in [0.05, 0.1) is 18.1 Å². The molecule has 0 saturated carbocycles. The lowest BCUT2D eigenvalue weighted by Gasteiger charge is -2.29. The molecule has 0 saturated heterocycles. The van der Waals surface area contributed by atoms with Gasteiger partial charge in [-0.2, -0.15) is 0 Å². The number of aromatic nitrogens is 2. The van der Waals surface area contributed by atoms with Crippen molar-refractivity contribution in [3.63, 3.8) is 0 Å². The van der Waals surface area contributed by atoms with E-state index in [0.29, 0.717) is 48.8 Å². The Balaban J connectivity index is 1.32. The first-order valence-corrected chi connectivity index (χ1v) is 14.0. The molecule has 1 N–H and O–H groups in total. The zero-order valence-electron chi connectivity index (χ0n) is 24.1. The van der Waals surface area contributed by atoms with E-state index in [1.165, 1.54) is 19.2 Å². The van der Waals surface area contributed by atoms with Gasteiger partial charge in [-0.05, 0) is 80.3 Å². The summed E-state index contributed by atoms with van der Waals surface area (Å²) in [7, 11) is 1.53. The Morgan fingerprint density at radius 1 is 1.10 bits per heavy atom. The summed E-state index contributed by atoms with van der Waals surface area (Å²) in [5.41, 5.74) is 5.03. The number of rotatable bonds is 5. The van der Waals surface area contributed by atoms with Crippen molar-refractivity contribution in [2.45, 2.75) is 45.4 Å². The summed E-state index contributed by atoms with van der Waals surface area (Å²) in [6.07, 6.45) is 2.33. The smallest absolute Gasteiger partial charge is 0.410 e. The van der Waals surface area contributed by atoms with Gasteiger partial charge >= 0.3 is 6.09 Å². The first kappa shape index (κ1) is 27.5. The summed E-state index contributed by atoms with van der Waals surface area (Å²) in [5.74, 6) is 0.394. The van der Waals surface area contributed by atoms with Gasteiger partial charge in [-0.25, -0.2) is 14.2 Å². The second-order valence-corrected chi connectivity index (χ2v) is 11.6. The third-order valence-corrected chi connectivity index (χ3v) is 7.64. The fourth-order valence-electron chi connectivity index (χ4n) is 5.64. The van der Waals surface area contributed by atoms with Crippen LogP contribution in [0.5, 0.6) is 5.75 Å². The summed E-state index contributed by atoms with van der Waals surface area (Å²) < 4.78 is 25.7. The van der Waals surface area contributed by atoms with Gasteiger partial charge in [-0.3, -0.25) is 4.79 Å². The minimum Gasteiger partial charge on any atom is -0.496 e. The summed E-state index contributed by atoms with van der Waals surface area (Å²) in [4.78, 5) is 38.1. The van der Waals surface area contributed by atoms with Gasteiger partial charge in [0.15, 0.2) is 0 Å². The zero-order valence-corrected chi connectivity index (χ0v) is 24.1. The van der Waals surface area contributed by atoms with Gasteiger partial charge in [0, 0.05) is 30.8 Å². The Bertz CT molecular complexity index is 1690. The number of H-pyrrole nitrogens is 1. The Labute approximate surface area is 243 Å². The maximum absolute atomic E-state index is 14.6. The number of carbonyl (C=O) groups is 2. The normalized spacial score (nSPS) is 15.9. The van der Waals surface area contributed by atoms with Crippen molar-refractivity contribution < 1.29 is 23.5 Å². The van der Waals surface area contributed by atoms with Crippen LogP contribution in [0.4, 0.5) is 9.18 Å². The topological polar surface area (TPSA) is 87.8 Å². The minimum absolute atomic E-state index is 0.171. The number of aromatic amines is 1. The van der Waals surface area contributed by atoms with E-state index in [-0.39, 0.29) is 12.0 Å². The van der Waals surface area contributed by atoms with Crippen LogP contribution in [0.3, 0.4) is 0 Å². The van der Waals surface area contributed by atoms with E-state index < -0.39 is 17.5 Å². The lowest BCUT2D eigenvalue weighted by Crippen LogP contribution is -2.39. The van der Waals surface area contributed by atoms with Crippen LogP contribution in [0.2, 0.25) is 0 Å². The maximum atomic E-state index is 14.6. The number of ether oxygens (including phenoxy) is 2. The summed E-state index contributed by atoms with van der Waals surface area (Å²) in [5, 5.41) is 0. The van der Waals surface area contributed by atoms with Gasteiger partial charge in [0.2, 0.25) is 0 Å². The highest BCUT2D eigenvalue weighted by atomic mass is 19.1. The summed E-state index contributed by atoms with van der Waals surface area (Å²) >= 11 is 0. The summed E-state index contributed by atoms with van der Waals surface area (Å²) in [6.45, 7) is 6.86. The number of fused-ring (bicyclic) bond motifs is 2. The van der Waals surface area contributed by atoms with Crippen molar-refractivity contribution in [3.05, 3.63) is 101 Å². The Morgan fingerprint density at radius 3 is 2.62 bits per heavy atom. The predicted molar refractivity (Wildman–Crippen MR) is 158 cm³/mol. The van der Waals surface area contributed by atoms with Crippen LogP contribution >= 0.6 is 0 Å². The molecule has 0 bridgehead atoms. The molecule has 0 fully saturated rings. The molecule has 2 amide bonds. The number of para-hydroxylation sites is 2.